The predicted molar refractivity (Wildman–Crippen MR) is 102 cm³/mol. The molecular weight excluding hydrogens is 405 g/mol. The van der Waals surface area contributed by atoms with Crippen molar-refractivity contribution in [2.45, 2.75) is 17.0 Å². The topological polar surface area (TPSA) is 102 Å². The lowest BCUT2D eigenvalue weighted by atomic mass is 10.2. The van der Waals surface area contributed by atoms with Gasteiger partial charge in [-0.05, 0) is 31.2 Å². The van der Waals surface area contributed by atoms with E-state index in [4.69, 9.17) is 4.52 Å². The summed E-state index contributed by atoms with van der Waals surface area (Å²) in [6.45, 7) is 1.74. The molecule has 28 heavy (non-hydrogen) atoms. The first-order chi connectivity index (χ1) is 13.5. The van der Waals surface area contributed by atoms with Crippen molar-refractivity contribution >= 4 is 39.8 Å². The normalized spacial score (nSPS) is 11.1. The summed E-state index contributed by atoms with van der Waals surface area (Å²) < 4.78 is 19.9. The number of carbonyl (C=O) groups is 1. The molecule has 0 saturated heterocycles. The highest BCUT2D eigenvalue weighted by Crippen LogP contribution is 2.28. The van der Waals surface area contributed by atoms with Crippen LogP contribution in [-0.2, 0) is 5.75 Å². The molecule has 1 N–H and O–H groups in total. The monoisotopic (exact) mass is 417 g/mol. The van der Waals surface area contributed by atoms with Gasteiger partial charge in [0.05, 0.1) is 5.69 Å². The fourth-order valence-corrected chi connectivity index (χ4v) is 4.01. The number of aryl methyl sites for hydroxylation is 1. The van der Waals surface area contributed by atoms with Crippen molar-refractivity contribution in [3.05, 3.63) is 69.6 Å². The number of nitrogens with zero attached hydrogens (tertiary/aromatic N) is 4. The molecule has 1 amide bonds. The zero-order valence-electron chi connectivity index (χ0n) is 14.4. The van der Waals surface area contributed by atoms with Crippen molar-refractivity contribution in [1.29, 1.82) is 0 Å². The van der Waals surface area contributed by atoms with E-state index in [0.717, 1.165) is 4.57 Å². The van der Waals surface area contributed by atoms with Crippen LogP contribution in [0.15, 0.2) is 50.1 Å². The van der Waals surface area contributed by atoms with Crippen LogP contribution in [-0.4, -0.2) is 25.7 Å². The molecule has 0 aliphatic carbocycles. The van der Waals surface area contributed by atoms with Gasteiger partial charge in [0, 0.05) is 23.4 Å². The van der Waals surface area contributed by atoms with Crippen LogP contribution in [0.4, 0.5) is 9.52 Å². The van der Waals surface area contributed by atoms with Crippen LogP contribution in [0.25, 0.3) is 5.65 Å². The number of anilines is 1. The summed E-state index contributed by atoms with van der Waals surface area (Å²) in [4.78, 5) is 28.5. The Hall–Kier alpha value is -3.05. The van der Waals surface area contributed by atoms with Gasteiger partial charge in [-0.2, -0.15) is 0 Å². The second kappa shape index (κ2) is 7.52. The van der Waals surface area contributed by atoms with E-state index in [1.54, 1.807) is 13.0 Å². The van der Waals surface area contributed by atoms with Crippen molar-refractivity contribution in [3.8, 4) is 0 Å². The number of hydrogen-bond donors (Lipinski definition) is 1. The van der Waals surface area contributed by atoms with Crippen molar-refractivity contribution in [2.24, 2.45) is 0 Å². The lowest BCUT2D eigenvalue weighted by molar-refractivity contribution is 0.102. The Labute approximate surface area is 165 Å². The average molecular weight is 417 g/mol. The van der Waals surface area contributed by atoms with Crippen LogP contribution < -0.4 is 10.9 Å². The van der Waals surface area contributed by atoms with Crippen LogP contribution >= 0.6 is 23.1 Å². The van der Waals surface area contributed by atoms with E-state index in [9.17, 15) is 14.0 Å². The summed E-state index contributed by atoms with van der Waals surface area (Å²) >= 11 is 2.54. The standard InChI is InChI=1S/C17H12FN5O3S2/c1-9-6-13-19-12(7-14(24)23(13)26-9)8-27-17-22-21-16(28-17)20-15(25)10-2-4-11(18)5-3-10/h2-7H,8H2,1H3,(H,20,21,25). The van der Waals surface area contributed by atoms with E-state index >= 15 is 0 Å². The van der Waals surface area contributed by atoms with Gasteiger partial charge in [0.1, 0.15) is 11.6 Å². The number of fused-ring (bicyclic) bond motifs is 1. The molecule has 3 aromatic heterocycles. The number of thioether (sulfide) groups is 1. The molecular formula is C17H12FN5O3S2. The van der Waals surface area contributed by atoms with Gasteiger partial charge in [-0.25, -0.2) is 9.37 Å². The van der Waals surface area contributed by atoms with Gasteiger partial charge in [0.25, 0.3) is 11.5 Å². The molecule has 0 fully saturated rings. The Morgan fingerprint density at radius 1 is 1.29 bits per heavy atom. The number of nitrogens with one attached hydrogen (secondary N) is 1. The first-order valence-electron chi connectivity index (χ1n) is 8.01. The second-order valence-electron chi connectivity index (χ2n) is 5.71. The lowest BCUT2D eigenvalue weighted by Gasteiger charge is -2.00. The summed E-state index contributed by atoms with van der Waals surface area (Å²) in [5.41, 5.74) is 1.06. The fourth-order valence-electron chi connectivity index (χ4n) is 2.37. The van der Waals surface area contributed by atoms with E-state index in [1.807, 2.05) is 0 Å². The fraction of sp³-hybridized carbons (Fsp3) is 0.118. The van der Waals surface area contributed by atoms with E-state index in [1.165, 1.54) is 53.4 Å². The smallest absolute Gasteiger partial charge is 0.287 e. The molecule has 0 saturated carbocycles. The lowest BCUT2D eigenvalue weighted by Crippen LogP contribution is -2.12. The number of halogens is 1. The van der Waals surface area contributed by atoms with E-state index in [2.05, 4.69) is 20.5 Å². The largest absolute Gasteiger partial charge is 0.375 e. The first kappa shape index (κ1) is 18.3. The summed E-state index contributed by atoms with van der Waals surface area (Å²) in [6, 6.07) is 8.29. The van der Waals surface area contributed by atoms with Crippen LogP contribution in [0, 0.1) is 12.7 Å². The number of hydrogen-bond acceptors (Lipinski definition) is 8. The molecule has 0 aliphatic heterocycles. The highest BCUT2D eigenvalue weighted by atomic mass is 32.2. The Morgan fingerprint density at radius 3 is 2.86 bits per heavy atom. The molecule has 0 bridgehead atoms. The highest BCUT2D eigenvalue weighted by molar-refractivity contribution is 8.00. The van der Waals surface area contributed by atoms with Crippen molar-refractivity contribution in [2.75, 3.05) is 5.32 Å². The van der Waals surface area contributed by atoms with Gasteiger partial charge < -0.3 is 4.52 Å². The molecule has 4 rings (SSSR count). The van der Waals surface area contributed by atoms with Gasteiger partial charge in [-0.15, -0.1) is 14.8 Å². The Morgan fingerprint density at radius 2 is 2.07 bits per heavy atom. The average Bonchev–Trinajstić information content (AvgIpc) is 3.26. The predicted octanol–water partition coefficient (Wildman–Crippen LogP) is 3.13. The third kappa shape index (κ3) is 3.94. The summed E-state index contributed by atoms with van der Waals surface area (Å²) in [6.07, 6.45) is 0. The van der Waals surface area contributed by atoms with Gasteiger partial charge in [0.15, 0.2) is 9.99 Å². The van der Waals surface area contributed by atoms with E-state index in [-0.39, 0.29) is 5.56 Å². The molecule has 3 heterocycles. The summed E-state index contributed by atoms with van der Waals surface area (Å²) in [7, 11) is 0. The third-order valence-corrected chi connectivity index (χ3v) is 5.61. The molecule has 11 heteroatoms. The SMILES string of the molecule is Cc1cc2nc(CSc3nnc(NC(=O)c4ccc(F)cc4)s3)cc(=O)n2o1. The number of amides is 1. The Kier molecular flexibility index (Phi) is 4.92. The van der Waals surface area contributed by atoms with Crippen LogP contribution in [0.3, 0.4) is 0 Å². The van der Waals surface area contributed by atoms with Gasteiger partial charge in [-0.3, -0.25) is 14.9 Å². The van der Waals surface area contributed by atoms with Crippen molar-refractivity contribution < 1.29 is 13.7 Å². The molecule has 0 atom stereocenters. The zero-order chi connectivity index (χ0) is 19.7. The maximum Gasteiger partial charge on any atom is 0.287 e. The van der Waals surface area contributed by atoms with Gasteiger partial charge >= 0.3 is 0 Å². The van der Waals surface area contributed by atoms with Crippen LogP contribution in [0.2, 0.25) is 0 Å². The molecule has 0 aliphatic rings. The number of benzene rings is 1. The second-order valence-corrected chi connectivity index (χ2v) is 7.91. The van der Waals surface area contributed by atoms with E-state index < -0.39 is 11.7 Å². The minimum absolute atomic E-state index is 0.293. The van der Waals surface area contributed by atoms with Gasteiger partial charge in [-0.1, -0.05) is 23.1 Å². The number of carbonyl (C=O) groups excluding carboxylic acids is 1. The highest BCUT2D eigenvalue weighted by Gasteiger charge is 2.12. The molecule has 0 radical (unpaired) electrons. The minimum Gasteiger partial charge on any atom is -0.375 e. The molecule has 0 spiro atoms. The number of rotatable bonds is 5. The zero-order valence-corrected chi connectivity index (χ0v) is 16.0. The molecule has 4 aromatic rings. The van der Waals surface area contributed by atoms with Gasteiger partial charge in [0.2, 0.25) is 5.13 Å². The maximum atomic E-state index is 12.9. The molecule has 8 nitrogen and oxygen atoms in total. The Balaban J connectivity index is 1.41. The molecule has 0 unspecified atom stereocenters. The quantitative estimate of drug-likeness (QED) is 0.393. The van der Waals surface area contributed by atoms with Crippen molar-refractivity contribution in [3.63, 3.8) is 0 Å². The molecule has 142 valence electrons. The molecule has 1 aromatic carbocycles. The van der Waals surface area contributed by atoms with E-state index in [0.29, 0.717) is 37.9 Å². The van der Waals surface area contributed by atoms with Crippen molar-refractivity contribution in [1.82, 2.24) is 19.8 Å². The maximum absolute atomic E-state index is 12.9. The third-order valence-electron chi connectivity index (χ3n) is 3.60. The van der Waals surface area contributed by atoms with Crippen LogP contribution in [0.1, 0.15) is 21.8 Å². The Bertz CT molecular complexity index is 1220. The summed E-state index contributed by atoms with van der Waals surface area (Å²) in [5.74, 6) is 0.197. The first-order valence-corrected chi connectivity index (χ1v) is 9.81. The summed E-state index contributed by atoms with van der Waals surface area (Å²) in [5, 5.41) is 10.9. The number of aromatic nitrogens is 4. The minimum atomic E-state index is -0.414. The van der Waals surface area contributed by atoms with Crippen LogP contribution in [0.5, 0.6) is 0 Å².